The van der Waals surface area contributed by atoms with E-state index in [0.29, 0.717) is 32.4 Å². The Morgan fingerprint density at radius 3 is 2.57 bits per heavy atom. The number of rotatable bonds is 5. The standard InChI is InChI=1S/C25H26F3N3O4/c1-15(32)31-11-10-16-5-2-3-6-18(16)21(31)14-23(33)30-20-9-8-17(13-19(20)25(26,27)28)29-24(34)22-7-4-12-35-22/h2-3,5-6,8-9,13,21-22H,4,7,10-12,14H2,1H3,(H,29,34)(H,30,33). The number of carbonyl (C=O) groups is 3. The summed E-state index contributed by atoms with van der Waals surface area (Å²) in [5.74, 6) is -1.37. The fourth-order valence-corrected chi connectivity index (χ4v) is 4.60. The normalized spacial score (nSPS) is 19.7. The molecule has 2 aromatic carbocycles. The number of fused-ring (bicyclic) bond motifs is 1. The van der Waals surface area contributed by atoms with Gasteiger partial charge in [0.2, 0.25) is 11.8 Å². The van der Waals surface area contributed by atoms with E-state index in [4.69, 9.17) is 4.74 Å². The first-order valence-electron chi connectivity index (χ1n) is 11.4. The van der Waals surface area contributed by atoms with Crippen LogP contribution in [0.1, 0.15) is 48.9 Å². The van der Waals surface area contributed by atoms with E-state index in [1.165, 1.54) is 13.0 Å². The monoisotopic (exact) mass is 489 g/mol. The van der Waals surface area contributed by atoms with Gasteiger partial charge >= 0.3 is 6.18 Å². The predicted octanol–water partition coefficient (Wildman–Crippen LogP) is 4.30. The van der Waals surface area contributed by atoms with Gasteiger partial charge < -0.3 is 20.3 Å². The van der Waals surface area contributed by atoms with Crippen molar-refractivity contribution in [3.8, 4) is 0 Å². The van der Waals surface area contributed by atoms with E-state index >= 15 is 0 Å². The average molecular weight is 489 g/mol. The summed E-state index contributed by atoms with van der Waals surface area (Å²) in [4.78, 5) is 38.8. The number of anilines is 2. The topological polar surface area (TPSA) is 87.7 Å². The van der Waals surface area contributed by atoms with Gasteiger partial charge in [0.1, 0.15) is 6.10 Å². The number of carbonyl (C=O) groups excluding carboxylic acids is 3. The molecule has 3 amide bonds. The Morgan fingerprint density at radius 1 is 1.11 bits per heavy atom. The Balaban J connectivity index is 1.53. The first-order chi connectivity index (χ1) is 16.6. The van der Waals surface area contributed by atoms with Gasteiger partial charge in [0.25, 0.3) is 5.91 Å². The van der Waals surface area contributed by atoms with Crippen molar-refractivity contribution >= 4 is 29.1 Å². The van der Waals surface area contributed by atoms with E-state index in [1.807, 2.05) is 18.2 Å². The highest BCUT2D eigenvalue weighted by Gasteiger charge is 2.36. The SMILES string of the molecule is CC(=O)N1CCc2ccccc2C1CC(=O)Nc1ccc(NC(=O)C2CCCO2)cc1C(F)(F)F. The number of nitrogens with one attached hydrogen (secondary N) is 2. The molecule has 0 spiro atoms. The molecule has 4 rings (SSSR count). The first-order valence-corrected chi connectivity index (χ1v) is 11.4. The maximum atomic E-state index is 13.8. The van der Waals surface area contributed by atoms with Crippen LogP contribution in [-0.2, 0) is 31.7 Å². The third kappa shape index (κ3) is 5.64. The maximum absolute atomic E-state index is 13.8. The number of amides is 3. The van der Waals surface area contributed by atoms with Gasteiger partial charge in [0.15, 0.2) is 0 Å². The van der Waals surface area contributed by atoms with Gasteiger partial charge in [-0.3, -0.25) is 14.4 Å². The molecule has 186 valence electrons. The van der Waals surface area contributed by atoms with Crippen molar-refractivity contribution in [1.82, 2.24) is 4.90 Å². The van der Waals surface area contributed by atoms with Crippen molar-refractivity contribution in [3.63, 3.8) is 0 Å². The van der Waals surface area contributed by atoms with Gasteiger partial charge in [0, 0.05) is 25.8 Å². The lowest BCUT2D eigenvalue weighted by atomic mass is 9.90. The molecular weight excluding hydrogens is 463 g/mol. The zero-order chi connectivity index (χ0) is 25.2. The molecule has 2 unspecified atom stereocenters. The van der Waals surface area contributed by atoms with Crippen LogP contribution in [0.3, 0.4) is 0 Å². The third-order valence-electron chi connectivity index (χ3n) is 6.28. The molecule has 2 aromatic rings. The van der Waals surface area contributed by atoms with Crippen molar-refractivity contribution in [1.29, 1.82) is 0 Å². The lowest BCUT2D eigenvalue weighted by Crippen LogP contribution is -2.40. The number of benzene rings is 2. The second-order valence-corrected chi connectivity index (χ2v) is 8.68. The fourth-order valence-electron chi connectivity index (χ4n) is 4.60. The quantitative estimate of drug-likeness (QED) is 0.656. The van der Waals surface area contributed by atoms with Gasteiger partial charge in [-0.1, -0.05) is 24.3 Å². The smallest absolute Gasteiger partial charge is 0.368 e. The van der Waals surface area contributed by atoms with Gasteiger partial charge in [-0.05, 0) is 48.6 Å². The van der Waals surface area contributed by atoms with Crippen molar-refractivity contribution in [2.45, 2.75) is 50.9 Å². The van der Waals surface area contributed by atoms with Crippen LogP contribution in [0.25, 0.3) is 0 Å². The summed E-state index contributed by atoms with van der Waals surface area (Å²) in [5, 5.41) is 4.81. The maximum Gasteiger partial charge on any atom is 0.418 e. The molecule has 2 N–H and O–H groups in total. The van der Waals surface area contributed by atoms with E-state index < -0.39 is 41.4 Å². The largest absolute Gasteiger partial charge is 0.418 e. The summed E-state index contributed by atoms with van der Waals surface area (Å²) >= 11 is 0. The molecule has 1 saturated heterocycles. The number of hydrogen-bond donors (Lipinski definition) is 2. The Kier molecular flexibility index (Phi) is 7.11. The highest BCUT2D eigenvalue weighted by Crippen LogP contribution is 2.38. The second kappa shape index (κ2) is 10.1. The molecule has 0 saturated carbocycles. The zero-order valence-corrected chi connectivity index (χ0v) is 19.2. The summed E-state index contributed by atoms with van der Waals surface area (Å²) < 4.78 is 46.7. The van der Waals surface area contributed by atoms with Gasteiger partial charge in [-0.2, -0.15) is 13.2 Å². The summed E-state index contributed by atoms with van der Waals surface area (Å²) in [7, 11) is 0. The number of hydrogen-bond acceptors (Lipinski definition) is 4. The van der Waals surface area contributed by atoms with E-state index in [2.05, 4.69) is 10.6 Å². The van der Waals surface area contributed by atoms with Crippen LogP contribution in [-0.4, -0.2) is 41.9 Å². The highest BCUT2D eigenvalue weighted by atomic mass is 19.4. The minimum atomic E-state index is -4.77. The molecule has 0 aromatic heterocycles. The molecule has 2 atom stereocenters. The Labute approximate surface area is 200 Å². The van der Waals surface area contributed by atoms with Crippen LogP contribution in [0.2, 0.25) is 0 Å². The molecule has 0 radical (unpaired) electrons. The van der Waals surface area contributed by atoms with Crippen LogP contribution in [0.15, 0.2) is 42.5 Å². The minimum absolute atomic E-state index is 0.0419. The second-order valence-electron chi connectivity index (χ2n) is 8.68. The predicted molar refractivity (Wildman–Crippen MR) is 123 cm³/mol. The van der Waals surface area contributed by atoms with Crippen LogP contribution in [0.5, 0.6) is 0 Å². The average Bonchev–Trinajstić information content (AvgIpc) is 3.34. The van der Waals surface area contributed by atoms with Gasteiger partial charge in [-0.15, -0.1) is 0 Å². The van der Waals surface area contributed by atoms with Crippen LogP contribution >= 0.6 is 0 Å². The molecule has 35 heavy (non-hydrogen) atoms. The summed E-state index contributed by atoms with van der Waals surface area (Å²) in [6.45, 7) is 2.27. The fraction of sp³-hybridized carbons (Fsp3) is 0.400. The van der Waals surface area contributed by atoms with Crippen molar-refractivity contribution in [3.05, 3.63) is 59.2 Å². The molecule has 2 heterocycles. The van der Waals surface area contributed by atoms with E-state index in [-0.39, 0.29) is 18.0 Å². The molecule has 7 nitrogen and oxygen atoms in total. The number of alkyl halides is 3. The van der Waals surface area contributed by atoms with Crippen molar-refractivity contribution in [2.75, 3.05) is 23.8 Å². The summed E-state index contributed by atoms with van der Waals surface area (Å²) in [6, 6.07) is 10.1. The molecular formula is C25H26F3N3O4. The van der Waals surface area contributed by atoms with Crippen LogP contribution < -0.4 is 10.6 Å². The molecule has 10 heteroatoms. The van der Waals surface area contributed by atoms with Crippen LogP contribution in [0, 0.1) is 0 Å². The number of halogens is 3. The Morgan fingerprint density at radius 2 is 1.89 bits per heavy atom. The molecule has 0 bridgehead atoms. The van der Waals surface area contributed by atoms with Gasteiger partial charge in [-0.25, -0.2) is 0 Å². The first kappa shape index (κ1) is 24.7. The lowest BCUT2D eigenvalue weighted by Gasteiger charge is -2.36. The van der Waals surface area contributed by atoms with Crippen molar-refractivity contribution < 1.29 is 32.3 Å². The molecule has 2 aliphatic rings. The Bertz CT molecular complexity index is 1130. The van der Waals surface area contributed by atoms with Crippen LogP contribution in [0.4, 0.5) is 24.5 Å². The highest BCUT2D eigenvalue weighted by molar-refractivity contribution is 5.96. The minimum Gasteiger partial charge on any atom is -0.368 e. The summed E-state index contributed by atoms with van der Waals surface area (Å²) in [5.41, 5.74) is 0.275. The van der Waals surface area contributed by atoms with E-state index in [1.54, 1.807) is 11.0 Å². The Hall–Kier alpha value is -3.40. The molecule has 1 fully saturated rings. The lowest BCUT2D eigenvalue weighted by molar-refractivity contribution is -0.137. The van der Waals surface area contributed by atoms with E-state index in [0.717, 1.165) is 23.3 Å². The molecule has 0 aliphatic carbocycles. The molecule has 2 aliphatic heterocycles. The van der Waals surface area contributed by atoms with E-state index in [9.17, 15) is 27.6 Å². The van der Waals surface area contributed by atoms with Crippen molar-refractivity contribution in [2.24, 2.45) is 0 Å². The third-order valence-corrected chi connectivity index (χ3v) is 6.28. The number of ether oxygens (including phenoxy) is 1. The zero-order valence-electron chi connectivity index (χ0n) is 19.2. The number of nitrogens with zero attached hydrogens (tertiary/aromatic N) is 1. The summed E-state index contributed by atoms with van der Waals surface area (Å²) in [6.07, 6.45) is -3.78. The van der Waals surface area contributed by atoms with Gasteiger partial charge in [0.05, 0.1) is 23.7 Å².